The molecule has 2 N–H and O–H groups in total. The molecule has 0 aromatic heterocycles. The molecule has 1 fully saturated rings. The van der Waals surface area contributed by atoms with Gasteiger partial charge in [-0.05, 0) is 6.07 Å². The topological polar surface area (TPSA) is 53.6 Å². The normalized spacial score (nSPS) is 21.8. The van der Waals surface area contributed by atoms with E-state index in [1.54, 1.807) is 6.20 Å². The van der Waals surface area contributed by atoms with Crippen molar-refractivity contribution < 1.29 is 9.53 Å². The van der Waals surface area contributed by atoms with E-state index in [1.165, 1.54) is 0 Å². The van der Waals surface area contributed by atoms with E-state index in [4.69, 9.17) is 4.74 Å². The summed E-state index contributed by atoms with van der Waals surface area (Å²) in [6, 6.07) is 7.70. The number of hydrogen-bond donors (Lipinski definition) is 2. The SMILES string of the molecule is O=C1Nc2ccccc2C1=CNN1CCOCC1. The number of carbonyl (C=O) groups excluding carboxylic acids is 1. The predicted molar refractivity (Wildman–Crippen MR) is 68.6 cm³/mol. The van der Waals surface area contributed by atoms with Gasteiger partial charge in [0.25, 0.3) is 5.91 Å². The molecule has 1 aromatic rings. The molecule has 3 rings (SSSR count). The number of amides is 1. The fourth-order valence-electron chi connectivity index (χ4n) is 2.13. The van der Waals surface area contributed by atoms with Crippen LogP contribution in [-0.2, 0) is 9.53 Å². The van der Waals surface area contributed by atoms with Crippen LogP contribution in [0, 0.1) is 0 Å². The molecule has 1 aromatic carbocycles. The van der Waals surface area contributed by atoms with Crippen molar-refractivity contribution in [3.63, 3.8) is 0 Å². The molecular weight excluding hydrogens is 230 g/mol. The Labute approximate surface area is 105 Å². The average Bonchev–Trinajstić information content (AvgIpc) is 2.73. The minimum atomic E-state index is -0.0584. The van der Waals surface area contributed by atoms with Crippen LogP contribution in [0.3, 0.4) is 0 Å². The summed E-state index contributed by atoms with van der Waals surface area (Å²) in [5.74, 6) is -0.0584. The van der Waals surface area contributed by atoms with Gasteiger partial charge in [0.1, 0.15) is 0 Å². The molecule has 2 heterocycles. The summed E-state index contributed by atoms with van der Waals surface area (Å²) < 4.78 is 5.27. The summed E-state index contributed by atoms with van der Waals surface area (Å²) in [5, 5.41) is 4.89. The first-order valence-electron chi connectivity index (χ1n) is 6.04. The van der Waals surface area contributed by atoms with Gasteiger partial charge in [-0.25, -0.2) is 5.01 Å². The zero-order valence-corrected chi connectivity index (χ0v) is 9.98. The summed E-state index contributed by atoms with van der Waals surface area (Å²) in [4.78, 5) is 11.8. The number of para-hydroxylation sites is 1. The minimum Gasteiger partial charge on any atom is -0.379 e. The molecular formula is C13H15N3O2. The Morgan fingerprint density at radius 3 is 2.89 bits per heavy atom. The van der Waals surface area contributed by atoms with Gasteiger partial charge >= 0.3 is 0 Å². The van der Waals surface area contributed by atoms with E-state index in [0.717, 1.165) is 37.6 Å². The largest absolute Gasteiger partial charge is 0.379 e. The number of ether oxygens (including phenoxy) is 1. The van der Waals surface area contributed by atoms with E-state index < -0.39 is 0 Å². The number of benzene rings is 1. The molecule has 0 aliphatic carbocycles. The second-order valence-electron chi connectivity index (χ2n) is 4.29. The Balaban J connectivity index is 1.77. The zero-order valence-electron chi connectivity index (χ0n) is 9.98. The number of nitrogens with one attached hydrogen (secondary N) is 2. The molecule has 2 aliphatic rings. The number of carbonyl (C=O) groups is 1. The Hall–Kier alpha value is -1.85. The molecule has 0 unspecified atom stereocenters. The van der Waals surface area contributed by atoms with Crippen molar-refractivity contribution >= 4 is 17.2 Å². The van der Waals surface area contributed by atoms with Gasteiger partial charge in [-0.2, -0.15) is 0 Å². The molecule has 18 heavy (non-hydrogen) atoms. The molecule has 5 nitrogen and oxygen atoms in total. The number of fused-ring (bicyclic) bond motifs is 1. The third kappa shape index (κ3) is 2.10. The summed E-state index contributed by atoms with van der Waals surface area (Å²) >= 11 is 0. The van der Waals surface area contributed by atoms with Crippen molar-refractivity contribution in [1.82, 2.24) is 10.4 Å². The molecule has 94 valence electrons. The van der Waals surface area contributed by atoms with Gasteiger partial charge in [0.2, 0.25) is 0 Å². The van der Waals surface area contributed by atoms with Gasteiger partial charge in [0, 0.05) is 30.5 Å². The van der Waals surface area contributed by atoms with Crippen molar-refractivity contribution in [2.24, 2.45) is 0 Å². The van der Waals surface area contributed by atoms with Crippen LogP contribution in [0.5, 0.6) is 0 Å². The maximum atomic E-state index is 11.8. The highest BCUT2D eigenvalue weighted by atomic mass is 16.5. The second kappa shape index (κ2) is 4.80. The van der Waals surface area contributed by atoms with Gasteiger partial charge in [-0.1, -0.05) is 18.2 Å². The lowest BCUT2D eigenvalue weighted by Crippen LogP contribution is -2.43. The number of hydrogen-bond acceptors (Lipinski definition) is 4. The molecule has 0 saturated carbocycles. The van der Waals surface area contributed by atoms with Crippen LogP contribution in [0.4, 0.5) is 5.69 Å². The van der Waals surface area contributed by atoms with E-state index in [-0.39, 0.29) is 5.91 Å². The molecule has 1 saturated heterocycles. The zero-order chi connectivity index (χ0) is 12.4. The quantitative estimate of drug-likeness (QED) is 0.757. The molecule has 5 heteroatoms. The van der Waals surface area contributed by atoms with Crippen molar-refractivity contribution in [3.05, 3.63) is 36.0 Å². The van der Waals surface area contributed by atoms with Crippen molar-refractivity contribution in [1.29, 1.82) is 0 Å². The van der Waals surface area contributed by atoms with E-state index in [0.29, 0.717) is 5.57 Å². The van der Waals surface area contributed by atoms with E-state index in [9.17, 15) is 4.79 Å². The van der Waals surface area contributed by atoms with E-state index in [1.807, 2.05) is 29.3 Å². The Morgan fingerprint density at radius 1 is 1.28 bits per heavy atom. The standard InChI is InChI=1S/C13H15N3O2/c17-13-11(9-14-16-5-7-18-8-6-16)10-3-1-2-4-12(10)15-13/h1-4,9,14H,5-8H2,(H,15,17). The smallest absolute Gasteiger partial charge is 0.257 e. The highest BCUT2D eigenvalue weighted by Crippen LogP contribution is 2.30. The van der Waals surface area contributed by atoms with Crippen LogP contribution in [0.15, 0.2) is 30.5 Å². The van der Waals surface area contributed by atoms with Crippen LogP contribution in [-0.4, -0.2) is 37.2 Å². The highest BCUT2D eigenvalue weighted by Gasteiger charge is 2.23. The summed E-state index contributed by atoms with van der Waals surface area (Å²) in [5.41, 5.74) is 5.66. The second-order valence-corrected chi connectivity index (χ2v) is 4.29. The lowest BCUT2D eigenvalue weighted by Gasteiger charge is -2.26. The van der Waals surface area contributed by atoms with Crippen LogP contribution in [0.2, 0.25) is 0 Å². The number of hydrazine groups is 1. The van der Waals surface area contributed by atoms with Crippen LogP contribution < -0.4 is 10.7 Å². The highest BCUT2D eigenvalue weighted by molar-refractivity contribution is 6.31. The minimum absolute atomic E-state index is 0.0584. The Kier molecular flexibility index (Phi) is 3.00. The van der Waals surface area contributed by atoms with Gasteiger partial charge < -0.3 is 15.5 Å². The molecule has 1 amide bonds. The first-order valence-corrected chi connectivity index (χ1v) is 6.04. The van der Waals surface area contributed by atoms with Crippen LogP contribution in [0.25, 0.3) is 5.57 Å². The lowest BCUT2D eigenvalue weighted by molar-refractivity contribution is -0.110. The van der Waals surface area contributed by atoms with Crippen LogP contribution >= 0.6 is 0 Å². The number of nitrogens with zero attached hydrogens (tertiary/aromatic N) is 1. The molecule has 0 bridgehead atoms. The monoisotopic (exact) mass is 245 g/mol. The third-order valence-corrected chi connectivity index (χ3v) is 3.11. The maximum absolute atomic E-state index is 11.8. The first-order chi connectivity index (χ1) is 8.84. The number of morpholine rings is 1. The fourth-order valence-corrected chi connectivity index (χ4v) is 2.13. The molecule has 2 aliphatic heterocycles. The predicted octanol–water partition coefficient (Wildman–Crippen LogP) is 0.816. The number of rotatable bonds is 2. The first kappa shape index (κ1) is 11.3. The lowest BCUT2D eigenvalue weighted by atomic mass is 10.1. The molecule has 0 spiro atoms. The molecule has 0 radical (unpaired) electrons. The Morgan fingerprint density at radius 2 is 2.06 bits per heavy atom. The van der Waals surface area contributed by atoms with E-state index in [2.05, 4.69) is 10.7 Å². The maximum Gasteiger partial charge on any atom is 0.257 e. The Bertz CT molecular complexity index is 493. The van der Waals surface area contributed by atoms with Gasteiger partial charge in [0.15, 0.2) is 0 Å². The van der Waals surface area contributed by atoms with Gasteiger partial charge in [0.05, 0.1) is 18.8 Å². The summed E-state index contributed by atoms with van der Waals surface area (Å²) in [6.45, 7) is 3.10. The third-order valence-electron chi connectivity index (χ3n) is 3.11. The molecule has 0 atom stereocenters. The summed E-state index contributed by atoms with van der Waals surface area (Å²) in [7, 11) is 0. The van der Waals surface area contributed by atoms with Crippen molar-refractivity contribution in [2.45, 2.75) is 0 Å². The number of anilines is 1. The average molecular weight is 245 g/mol. The fraction of sp³-hybridized carbons (Fsp3) is 0.308. The van der Waals surface area contributed by atoms with Crippen molar-refractivity contribution in [2.75, 3.05) is 31.6 Å². The van der Waals surface area contributed by atoms with Crippen molar-refractivity contribution in [3.8, 4) is 0 Å². The van der Waals surface area contributed by atoms with Gasteiger partial charge in [-0.15, -0.1) is 0 Å². The summed E-state index contributed by atoms with van der Waals surface area (Å²) in [6.07, 6.45) is 1.77. The van der Waals surface area contributed by atoms with E-state index >= 15 is 0 Å². The van der Waals surface area contributed by atoms with Crippen LogP contribution in [0.1, 0.15) is 5.56 Å². The van der Waals surface area contributed by atoms with Gasteiger partial charge in [-0.3, -0.25) is 4.79 Å².